The lowest BCUT2D eigenvalue weighted by atomic mass is 9.95. The number of amides is 2. The highest BCUT2D eigenvalue weighted by Crippen LogP contribution is 2.29. The van der Waals surface area contributed by atoms with E-state index in [1.165, 1.54) is 14.1 Å². The van der Waals surface area contributed by atoms with Crippen molar-refractivity contribution in [2.75, 3.05) is 33.7 Å². The summed E-state index contributed by atoms with van der Waals surface area (Å²) in [5.41, 5.74) is 4.71. The summed E-state index contributed by atoms with van der Waals surface area (Å²) in [6, 6.07) is 9.93. The van der Waals surface area contributed by atoms with E-state index in [9.17, 15) is 18.0 Å². The SMILES string of the molecule is Cc1ncc2c(c1CNS(=O)(=O)N(C)C)CCN(C(=O)CN1C[C@@H](c3ccccc3)CC1=O)C2. The number of nitrogens with zero attached hydrogens (tertiary/aromatic N) is 4. The minimum Gasteiger partial charge on any atom is -0.336 e. The van der Waals surface area contributed by atoms with E-state index >= 15 is 0 Å². The molecule has 1 fully saturated rings. The molecule has 1 aromatic heterocycles. The lowest BCUT2D eigenvalue weighted by Gasteiger charge is -2.32. The zero-order valence-corrected chi connectivity index (χ0v) is 20.6. The van der Waals surface area contributed by atoms with Crippen molar-refractivity contribution in [3.05, 3.63) is 64.5 Å². The van der Waals surface area contributed by atoms with E-state index < -0.39 is 10.2 Å². The second kappa shape index (κ2) is 9.81. The molecule has 2 aliphatic heterocycles. The lowest BCUT2D eigenvalue weighted by Crippen LogP contribution is -2.43. The van der Waals surface area contributed by atoms with E-state index in [-0.39, 0.29) is 30.8 Å². The Bertz CT molecular complexity index is 1180. The number of aromatic nitrogens is 1. The summed E-state index contributed by atoms with van der Waals surface area (Å²) in [5.74, 6) is 0.0415. The molecule has 1 aromatic carbocycles. The van der Waals surface area contributed by atoms with Crippen LogP contribution in [0.3, 0.4) is 0 Å². The smallest absolute Gasteiger partial charge is 0.279 e. The van der Waals surface area contributed by atoms with Gasteiger partial charge in [0.05, 0.1) is 6.54 Å². The molecule has 0 radical (unpaired) electrons. The van der Waals surface area contributed by atoms with Crippen molar-refractivity contribution >= 4 is 22.0 Å². The van der Waals surface area contributed by atoms with E-state index in [2.05, 4.69) is 9.71 Å². The van der Waals surface area contributed by atoms with Gasteiger partial charge in [-0.05, 0) is 35.6 Å². The first-order valence-corrected chi connectivity index (χ1v) is 12.8. The summed E-state index contributed by atoms with van der Waals surface area (Å²) in [6.45, 7) is 3.56. The summed E-state index contributed by atoms with van der Waals surface area (Å²) >= 11 is 0. The molecule has 1 atom stereocenters. The van der Waals surface area contributed by atoms with Crippen LogP contribution in [-0.2, 0) is 39.3 Å². The first kappa shape index (κ1) is 24.3. The number of fused-ring (bicyclic) bond motifs is 1. The Morgan fingerprint density at radius 1 is 1.24 bits per heavy atom. The third-order valence-corrected chi connectivity index (χ3v) is 8.14. The minimum atomic E-state index is -3.55. The van der Waals surface area contributed by atoms with E-state index in [4.69, 9.17) is 0 Å². The van der Waals surface area contributed by atoms with Crippen LogP contribution in [0.1, 0.15) is 40.3 Å². The van der Waals surface area contributed by atoms with Gasteiger partial charge in [-0.3, -0.25) is 14.6 Å². The second-order valence-electron chi connectivity index (χ2n) is 9.09. The predicted molar refractivity (Wildman–Crippen MR) is 128 cm³/mol. The summed E-state index contributed by atoms with van der Waals surface area (Å²) in [5, 5.41) is 0. The Morgan fingerprint density at radius 2 is 1.97 bits per heavy atom. The van der Waals surface area contributed by atoms with Crippen LogP contribution in [-0.4, -0.2) is 73.1 Å². The van der Waals surface area contributed by atoms with Gasteiger partial charge in [-0.1, -0.05) is 30.3 Å². The number of carbonyl (C=O) groups is 2. The number of hydrogen-bond donors (Lipinski definition) is 1. The number of hydrogen-bond acceptors (Lipinski definition) is 5. The van der Waals surface area contributed by atoms with Crippen LogP contribution in [0.15, 0.2) is 36.5 Å². The lowest BCUT2D eigenvalue weighted by molar-refractivity contribution is -0.139. The Labute approximate surface area is 200 Å². The molecule has 1 saturated heterocycles. The van der Waals surface area contributed by atoms with Gasteiger partial charge in [0.25, 0.3) is 10.2 Å². The van der Waals surface area contributed by atoms with Gasteiger partial charge in [0.15, 0.2) is 0 Å². The number of carbonyl (C=O) groups excluding carboxylic acids is 2. The third-order valence-electron chi connectivity index (χ3n) is 6.67. The zero-order chi connectivity index (χ0) is 24.5. The first-order valence-electron chi connectivity index (χ1n) is 11.4. The van der Waals surface area contributed by atoms with Gasteiger partial charge < -0.3 is 9.80 Å². The molecule has 2 amide bonds. The summed E-state index contributed by atoms with van der Waals surface area (Å²) in [4.78, 5) is 33.5. The van der Waals surface area contributed by atoms with Crippen LogP contribution in [0.25, 0.3) is 0 Å². The van der Waals surface area contributed by atoms with E-state index in [0.29, 0.717) is 32.5 Å². The van der Waals surface area contributed by atoms with E-state index in [1.54, 1.807) is 16.0 Å². The standard InChI is InChI=1S/C24H31N5O4S/c1-17-22(13-26-34(32,33)27(2)3)21-9-10-28(15-20(21)12-25-17)24(31)16-29-14-19(11-23(29)30)18-7-5-4-6-8-18/h4-8,12,19,26H,9-11,13-16H2,1-3H3/t19-/m0/s1. The molecule has 3 heterocycles. The number of likely N-dealkylation sites (tertiary alicyclic amines) is 1. The molecule has 182 valence electrons. The molecule has 4 rings (SSSR count). The van der Waals surface area contributed by atoms with Crippen molar-refractivity contribution in [1.29, 1.82) is 0 Å². The number of aryl methyl sites for hydroxylation is 1. The fraction of sp³-hybridized carbons (Fsp3) is 0.458. The first-order chi connectivity index (χ1) is 16.2. The molecule has 34 heavy (non-hydrogen) atoms. The Morgan fingerprint density at radius 3 is 2.68 bits per heavy atom. The van der Waals surface area contributed by atoms with Crippen LogP contribution in [0.5, 0.6) is 0 Å². The maximum atomic E-state index is 13.1. The van der Waals surface area contributed by atoms with Crippen molar-refractivity contribution in [3.63, 3.8) is 0 Å². The van der Waals surface area contributed by atoms with Crippen LogP contribution < -0.4 is 4.72 Å². The van der Waals surface area contributed by atoms with Crippen molar-refractivity contribution < 1.29 is 18.0 Å². The molecule has 9 nitrogen and oxygen atoms in total. The highest BCUT2D eigenvalue weighted by molar-refractivity contribution is 7.87. The Balaban J connectivity index is 1.41. The molecule has 0 saturated carbocycles. The maximum Gasteiger partial charge on any atom is 0.279 e. The van der Waals surface area contributed by atoms with Gasteiger partial charge in [-0.2, -0.15) is 17.4 Å². The van der Waals surface area contributed by atoms with Crippen LogP contribution in [0.2, 0.25) is 0 Å². The molecular formula is C24H31N5O4S. The Kier molecular flexibility index (Phi) is 7.01. The van der Waals surface area contributed by atoms with Crippen LogP contribution >= 0.6 is 0 Å². The van der Waals surface area contributed by atoms with Gasteiger partial charge >= 0.3 is 0 Å². The molecule has 2 aromatic rings. The average molecular weight is 486 g/mol. The highest BCUT2D eigenvalue weighted by atomic mass is 32.2. The molecule has 0 spiro atoms. The second-order valence-corrected chi connectivity index (χ2v) is 11.1. The van der Waals surface area contributed by atoms with Gasteiger partial charge in [0, 0.05) is 64.5 Å². The Hall–Kier alpha value is -2.82. The van der Waals surface area contributed by atoms with Gasteiger partial charge in [0.1, 0.15) is 0 Å². The summed E-state index contributed by atoms with van der Waals surface area (Å²) in [7, 11) is -0.600. The predicted octanol–water partition coefficient (Wildman–Crippen LogP) is 1.19. The van der Waals surface area contributed by atoms with Crippen molar-refractivity contribution in [1.82, 2.24) is 23.8 Å². The van der Waals surface area contributed by atoms with Crippen molar-refractivity contribution in [2.24, 2.45) is 0 Å². The summed E-state index contributed by atoms with van der Waals surface area (Å²) in [6.07, 6.45) is 2.81. The zero-order valence-electron chi connectivity index (χ0n) is 19.8. The summed E-state index contributed by atoms with van der Waals surface area (Å²) < 4.78 is 28.0. The number of pyridine rings is 1. The van der Waals surface area contributed by atoms with Crippen LogP contribution in [0, 0.1) is 6.92 Å². The van der Waals surface area contributed by atoms with Gasteiger partial charge in [-0.15, -0.1) is 0 Å². The largest absolute Gasteiger partial charge is 0.336 e. The van der Waals surface area contributed by atoms with Crippen molar-refractivity contribution in [2.45, 2.75) is 38.8 Å². The number of benzene rings is 1. The molecule has 0 aliphatic carbocycles. The van der Waals surface area contributed by atoms with E-state index in [1.807, 2.05) is 37.3 Å². The fourth-order valence-corrected chi connectivity index (χ4v) is 5.18. The number of nitrogens with one attached hydrogen (secondary N) is 1. The topological polar surface area (TPSA) is 103 Å². The molecule has 0 bridgehead atoms. The minimum absolute atomic E-state index is 0.00682. The van der Waals surface area contributed by atoms with E-state index in [0.717, 1.165) is 32.3 Å². The average Bonchev–Trinajstić information content (AvgIpc) is 3.18. The highest BCUT2D eigenvalue weighted by Gasteiger charge is 2.33. The molecular weight excluding hydrogens is 454 g/mol. The van der Waals surface area contributed by atoms with Crippen molar-refractivity contribution in [3.8, 4) is 0 Å². The monoisotopic (exact) mass is 485 g/mol. The molecule has 10 heteroatoms. The third kappa shape index (κ3) is 5.13. The normalized spacial score (nSPS) is 18.5. The number of rotatable bonds is 7. The van der Waals surface area contributed by atoms with Gasteiger partial charge in [-0.25, -0.2) is 0 Å². The van der Waals surface area contributed by atoms with Gasteiger partial charge in [0.2, 0.25) is 11.8 Å². The molecule has 0 unspecified atom stereocenters. The fourth-order valence-electron chi connectivity index (χ4n) is 4.60. The maximum absolute atomic E-state index is 13.1. The van der Waals surface area contributed by atoms with Crippen LogP contribution in [0.4, 0.5) is 0 Å². The molecule has 2 aliphatic rings. The quantitative estimate of drug-likeness (QED) is 0.635. The molecule has 1 N–H and O–H groups in total.